The zero-order valence-electron chi connectivity index (χ0n) is 11.4. The largest absolute Gasteiger partial charge is 0.382 e. The molecule has 0 amide bonds. The fourth-order valence-corrected chi connectivity index (χ4v) is 2.66. The molecule has 1 aromatic carbocycles. The smallest absolute Gasteiger partial charge is 0.0700 e. The Balaban J connectivity index is 2.49. The molecule has 0 saturated carbocycles. The minimum absolute atomic E-state index is 0.0997. The van der Waals surface area contributed by atoms with Crippen LogP contribution in [0.15, 0.2) is 30.3 Å². The molecule has 19 heavy (non-hydrogen) atoms. The van der Waals surface area contributed by atoms with Crippen molar-refractivity contribution in [2.45, 2.75) is 12.8 Å². The molecule has 0 saturated heterocycles. The molecule has 4 heteroatoms. The van der Waals surface area contributed by atoms with Gasteiger partial charge >= 0.3 is 0 Å². The molecule has 0 N–H and O–H groups in total. The van der Waals surface area contributed by atoms with Crippen LogP contribution in [0.25, 0.3) is 0 Å². The van der Waals surface area contributed by atoms with E-state index < -0.39 is 0 Å². The maximum absolute atomic E-state index is 6.15. The van der Waals surface area contributed by atoms with Crippen LogP contribution in [0.4, 0.5) is 0 Å². The van der Waals surface area contributed by atoms with Crippen LogP contribution in [-0.2, 0) is 15.9 Å². The van der Waals surface area contributed by atoms with Crippen LogP contribution in [0.2, 0.25) is 0 Å². The molecule has 1 aromatic rings. The lowest BCUT2D eigenvalue weighted by Crippen LogP contribution is -2.30. The lowest BCUT2D eigenvalue weighted by atomic mass is 9.82. The molecule has 0 atom stereocenters. The molecule has 0 heterocycles. The quantitative estimate of drug-likeness (QED) is 0.484. The number of ether oxygens (including phenoxy) is 2. The third kappa shape index (κ3) is 6.13. The molecule has 0 aliphatic rings. The molecule has 0 aliphatic carbocycles. The van der Waals surface area contributed by atoms with Gasteiger partial charge in [-0.15, -0.1) is 23.2 Å². The van der Waals surface area contributed by atoms with Gasteiger partial charge in [0.15, 0.2) is 0 Å². The van der Waals surface area contributed by atoms with Gasteiger partial charge in [-0.05, 0) is 18.4 Å². The molecule has 0 aliphatic heterocycles. The summed E-state index contributed by atoms with van der Waals surface area (Å²) in [5.41, 5.74) is 1.16. The third-order valence-corrected chi connectivity index (χ3v) is 4.33. The first-order chi connectivity index (χ1) is 9.26. The van der Waals surface area contributed by atoms with Gasteiger partial charge in [0.05, 0.1) is 13.2 Å². The predicted octanol–water partition coefficient (Wildman–Crippen LogP) is 3.75. The summed E-state index contributed by atoms with van der Waals surface area (Å²) in [7, 11) is 1.67. The highest BCUT2D eigenvalue weighted by molar-refractivity contribution is 6.21. The topological polar surface area (TPSA) is 18.5 Å². The van der Waals surface area contributed by atoms with Crippen LogP contribution in [0.3, 0.4) is 0 Å². The van der Waals surface area contributed by atoms with Crippen LogP contribution in [-0.4, -0.2) is 38.7 Å². The summed E-state index contributed by atoms with van der Waals surface area (Å²) in [6.07, 6.45) is 1.74. The van der Waals surface area contributed by atoms with Crippen molar-refractivity contribution in [2.24, 2.45) is 5.41 Å². The number of hydrogen-bond acceptors (Lipinski definition) is 2. The Morgan fingerprint density at radius 3 is 2.26 bits per heavy atom. The van der Waals surface area contributed by atoms with E-state index in [4.69, 9.17) is 32.7 Å². The van der Waals surface area contributed by atoms with Crippen molar-refractivity contribution in [3.05, 3.63) is 35.9 Å². The van der Waals surface area contributed by atoms with Crippen molar-refractivity contribution < 1.29 is 9.47 Å². The van der Waals surface area contributed by atoms with Crippen molar-refractivity contribution in [2.75, 3.05) is 38.7 Å². The highest BCUT2D eigenvalue weighted by atomic mass is 35.5. The number of methoxy groups -OCH3 is 1. The molecule has 108 valence electrons. The van der Waals surface area contributed by atoms with Gasteiger partial charge in [-0.1, -0.05) is 30.3 Å². The van der Waals surface area contributed by atoms with Crippen molar-refractivity contribution in [3.63, 3.8) is 0 Å². The van der Waals surface area contributed by atoms with Crippen LogP contribution >= 0.6 is 23.2 Å². The van der Waals surface area contributed by atoms with Crippen molar-refractivity contribution >= 4 is 23.2 Å². The van der Waals surface area contributed by atoms with Gasteiger partial charge in [0.25, 0.3) is 0 Å². The minimum atomic E-state index is -0.0997. The lowest BCUT2D eigenvalue weighted by Gasteiger charge is -2.29. The van der Waals surface area contributed by atoms with Gasteiger partial charge in [0.1, 0.15) is 0 Å². The standard InChI is InChI=1S/C15H22Cl2O2/c1-18-9-10-19-8-7-15(12-16,13-17)11-14-5-3-2-4-6-14/h2-6H,7-13H2,1H3. The minimum Gasteiger partial charge on any atom is -0.382 e. The average Bonchev–Trinajstić information content (AvgIpc) is 2.47. The summed E-state index contributed by atoms with van der Waals surface area (Å²) in [6.45, 7) is 1.89. The van der Waals surface area contributed by atoms with Crippen LogP contribution in [0.5, 0.6) is 0 Å². The zero-order valence-corrected chi connectivity index (χ0v) is 12.9. The Morgan fingerprint density at radius 2 is 1.68 bits per heavy atom. The number of benzene rings is 1. The number of hydrogen-bond donors (Lipinski definition) is 0. The van der Waals surface area contributed by atoms with Crippen molar-refractivity contribution in [1.82, 2.24) is 0 Å². The van der Waals surface area contributed by atoms with E-state index in [1.54, 1.807) is 7.11 Å². The lowest BCUT2D eigenvalue weighted by molar-refractivity contribution is 0.0567. The van der Waals surface area contributed by atoms with E-state index >= 15 is 0 Å². The second-order valence-corrected chi connectivity index (χ2v) is 5.32. The summed E-state index contributed by atoms with van der Waals surface area (Å²) < 4.78 is 10.5. The molecular weight excluding hydrogens is 283 g/mol. The van der Waals surface area contributed by atoms with E-state index in [1.165, 1.54) is 5.56 Å². The van der Waals surface area contributed by atoms with Crippen molar-refractivity contribution in [3.8, 4) is 0 Å². The fourth-order valence-electron chi connectivity index (χ4n) is 1.91. The van der Waals surface area contributed by atoms with Crippen LogP contribution in [0, 0.1) is 5.41 Å². The molecule has 0 radical (unpaired) electrons. The summed E-state index contributed by atoms with van der Waals surface area (Å²) >= 11 is 12.3. The average molecular weight is 305 g/mol. The van der Waals surface area contributed by atoms with E-state index in [0.717, 1.165) is 12.8 Å². The van der Waals surface area contributed by atoms with Crippen molar-refractivity contribution in [1.29, 1.82) is 0 Å². The van der Waals surface area contributed by atoms with E-state index in [2.05, 4.69) is 12.1 Å². The summed E-state index contributed by atoms with van der Waals surface area (Å²) in [6, 6.07) is 10.3. The summed E-state index contributed by atoms with van der Waals surface area (Å²) in [5, 5.41) is 0. The highest BCUT2D eigenvalue weighted by Gasteiger charge is 2.28. The molecule has 0 aromatic heterocycles. The van der Waals surface area contributed by atoms with E-state index in [9.17, 15) is 0 Å². The van der Waals surface area contributed by atoms with Gasteiger partial charge < -0.3 is 9.47 Å². The van der Waals surface area contributed by atoms with Gasteiger partial charge in [-0.3, -0.25) is 0 Å². The molecule has 2 nitrogen and oxygen atoms in total. The maximum Gasteiger partial charge on any atom is 0.0700 e. The third-order valence-electron chi connectivity index (χ3n) is 3.20. The second-order valence-electron chi connectivity index (χ2n) is 4.78. The number of halogens is 2. The Labute approximate surface area is 126 Å². The number of rotatable bonds is 10. The van der Waals surface area contributed by atoms with Gasteiger partial charge in [-0.2, -0.15) is 0 Å². The molecule has 0 unspecified atom stereocenters. The maximum atomic E-state index is 6.15. The molecule has 0 bridgehead atoms. The van der Waals surface area contributed by atoms with E-state index in [1.807, 2.05) is 18.2 Å². The Morgan fingerprint density at radius 1 is 1.00 bits per heavy atom. The van der Waals surface area contributed by atoms with E-state index in [0.29, 0.717) is 31.6 Å². The van der Waals surface area contributed by atoms with Crippen LogP contribution in [0.1, 0.15) is 12.0 Å². The zero-order chi connectivity index (χ0) is 14.0. The van der Waals surface area contributed by atoms with E-state index in [-0.39, 0.29) is 5.41 Å². The van der Waals surface area contributed by atoms with Crippen LogP contribution < -0.4 is 0 Å². The SMILES string of the molecule is COCCOCCC(CCl)(CCl)Cc1ccccc1. The first-order valence-corrected chi connectivity index (χ1v) is 7.56. The first-order valence-electron chi connectivity index (χ1n) is 6.49. The fraction of sp³-hybridized carbons (Fsp3) is 0.600. The van der Waals surface area contributed by atoms with Gasteiger partial charge in [0, 0.05) is 30.9 Å². The monoisotopic (exact) mass is 304 g/mol. The predicted molar refractivity (Wildman–Crippen MR) is 81.3 cm³/mol. The second kappa shape index (κ2) is 9.60. The first kappa shape index (κ1) is 16.8. The Kier molecular flexibility index (Phi) is 8.47. The molecule has 1 rings (SSSR count). The summed E-state index contributed by atoms with van der Waals surface area (Å²) in [4.78, 5) is 0. The Bertz CT molecular complexity index is 326. The summed E-state index contributed by atoms with van der Waals surface area (Å²) in [5.74, 6) is 1.08. The molecule has 0 spiro atoms. The van der Waals surface area contributed by atoms with Gasteiger partial charge in [-0.25, -0.2) is 0 Å². The highest BCUT2D eigenvalue weighted by Crippen LogP contribution is 2.30. The molecule has 0 fully saturated rings. The molecular formula is C15H22Cl2O2. The van der Waals surface area contributed by atoms with Gasteiger partial charge in [0.2, 0.25) is 0 Å². The Hall–Kier alpha value is -0.280. The normalized spacial score (nSPS) is 11.7. The number of alkyl halides is 2.